The van der Waals surface area contributed by atoms with Crippen LogP contribution in [0.15, 0.2) is 34.9 Å². The van der Waals surface area contributed by atoms with Crippen LogP contribution in [-0.4, -0.2) is 47.0 Å². The molecule has 0 spiro atoms. The van der Waals surface area contributed by atoms with Gasteiger partial charge < -0.3 is 15.5 Å². The summed E-state index contributed by atoms with van der Waals surface area (Å²) >= 11 is 1.73. The molecule has 1 aliphatic rings. The van der Waals surface area contributed by atoms with Crippen molar-refractivity contribution in [3.05, 3.63) is 40.3 Å². The van der Waals surface area contributed by atoms with Crippen molar-refractivity contribution in [3.8, 4) is 0 Å². The molecule has 0 unspecified atom stereocenters. The van der Waals surface area contributed by atoms with Crippen LogP contribution in [0.3, 0.4) is 0 Å². The van der Waals surface area contributed by atoms with Crippen LogP contribution in [0.2, 0.25) is 0 Å². The molecule has 124 valence electrons. The summed E-state index contributed by atoms with van der Waals surface area (Å²) in [6.07, 6.45) is 3.54. The third-order valence-corrected chi connectivity index (χ3v) is 4.80. The Labute approximate surface area is 157 Å². The fourth-order valence-corrected chi connectivity index (χ4v) is 3.24. The molecule has 0 amide bonds. The molecule has 2 aromatic rings. The van der Waals surface area contributed by atoms with Gasteiger partial charge in [-0.2, -0.15) is 0 Å². The number of halogens is 1. The Morgan fingerprint density at radius 2 is 1.96 bits per heavy atom. The largest absolute Gasteiger partial charge is 0.370 e. The van der Waals surface area contributed by atoms with E-state index in [-0.39, 0.29) is 24.0 Å². The lowest BCUT2D eigenvalue weighted by atomic mass is 10.3. The van der Waals surface area contributed by atoms with Crippen molar-refractivity contribution in [2.24, 2.45) is 10.7 Å². The third-order valence-electron chi connectivity index (χ3n) is 3.79. The van der Waals surface area contributed by atoms with Gasteiger partial charge in [-0.05, 0) is 30.0 Å². The minimum Gasteiger partial charge on any atom is -0.370 e. The lowest BCUT2D eigenvalue weighted by molar-refractivity contribution is 0.378. The van der Waals surface area contributed by atoms with Crippen molar-refractivity contribution in [3.63, 3.8) is 0 Å². The Morgan fingerprint density at radius 1 is 1.26 bits per heavy atom. The number of nitrogens with two attached hydrogens (primary N) is 1. The highest BCUT2D eigenvalue weighted by molar-refractivity contribution is 14.0. The van der Waals surface area contributed by atoms with Crippen molar-refractivity contribution in [1.82, 2.24) is 14.9 Å². The van der Waals surface area contributed by atoms with Gasteiger partial charge in [-0.3, -0.25) is 0 Å². The third kappa shape index (κ3) is 4.54. The van der Waals surface area contributed by atoms with Crippen LogP contribution in [0.25, 0.3) is 0 Å². The number of aliphatic imine (C=N–C) groups is 1. The van der Waals surface area contributed by atoms with Gasteiger partial charge in [-0.25, -0.2) is 15.0 Å². The van der Waals surface area contributed by atoms with Crippen molar-refractivity contribution >= 4 is 47.2 Å². The number of thiophene rings is 1. The smallest absolute Gasteiger partial charge is 0.225 e. The zero-order valence-electron chi connectivity index (χ0n) is 13.1. The zero-order chi connectivity index (χ0) is 15.4. The summed E-state index contributed by atoms with van der Waals surface area (Å²) in [5, 5.41) is 2.09. The van der Waals surface area contributed by atoms with Gasteiger partial charge in [-0.1, -0.05) is 0 Å². The molecule has 0 aliphatic carbocycles. The molecule has 23 heavy (non-hydrogen) atoms. The molecule has 0 radical (unpaired) electrons. The molecular weight excluding hydrogens is 423 g/mol. The number of guanidine groups is 1. The molecule has 0 atom stereocenters. The molecular formula is C15H21IN6S. The average Bonchev–Trinajstić information content (AvgIpc) is 2.99. The van der Waals surface area contributed by atoms with E-state index >= 15 is 0 Å². The predicted molar refractivity (Wildman–Crippen MR) is 106 cm³/mol. The maximum atomic E-state index is 6.13. The van der Waals surface area contributed by atoms with Gasteiger partial charge in [0.25, 0.3) is 0 Å². The minimum absolute atomic E-state index is 0. The molecule has 0 saturated carbocycles. The summed E-state index contributed by atoms with van der Waals surface area (Å²) in [5.74, 6) is 1.41. The molecule has 2 N–H and O–H groups in total. The van der Waals surface area contributed by atoms with E-state index in [1.165, 1.54) is 10.4 Å². The molecule has 1 aliphatic heterocycles. The van der Waals surface area contributed by atoms with Crippen LogP contribution >= 0.6 is 35.3 Å². The van der Waals surface area contributed by atoms with Gasteiger partial charge in [-0.15, -0.1) is 35.3 Å². The van der Waals surface area contributed by atoms with Crippen molar-refractivity contribution in [2.75, 3.05) is 31.1 Å². The van der Waals surface area contributed by atoms with Crippen LogP contribution in [0, 0.1) is 6.92 Å². The molecule has 8 heteroatoms. The van der Waals surface area contributed by atoms with Crippen molar-refractivity contribution in [1.29, 1.82) is 0 Å². The van der Waals surface area contributed by atoms with Gasteiger partial charge in [0.15, 0.2) is 5.96 Å². The van der Waals surface area contributed by atoms with E-state index in [0.717, 1.165) is 32.1 Å². The van der Waals surface area contributed by atoms with E-state index in [1.807, 2.05) is 6.07 Å². The molecule has 6 nitrogen and oxygen atoms in total. The van der Waals surface area contributed by atoms with E-state index in [1.54, 1.807) is 23.7 Å². The number of aryl methyl sites for hydroxylation is 1. The lowest BCUT2D eigenvalue weighted by Crippen LogP contribution is -2.51. The second-order valence-electron chi connectivity index (χ2n) is 5.22. The fraction of sp³-hybridized carbons (Fsp3) is 0.400. The van der Waals surface area contributed by atoms with E-state index in [2.05, 4.69) is 43.1 Å². The van der Waals surface area contributed by atoms with E-state index in [0.29, 0.717) is 12.5 Å². The van der Waals surface area contributed by atoms with Gasteiger partial charge in [0.1, 0.15) is 0 Å². The standard InChI is InChI=1S/C15H20N6S.HI/c1-12-3-10-22-13(12)11-19-14(16)20-6-8-21(9-7-20)15-17-4-2-5-18-15;/h2-5,10H,6-9,11H2,1H3,(H2,16,19);1H. The average molecular weight is 444 g/mol. The molecule has 3 rings (SSSR count). The molecule has 2 aromatic heterocycles. The number of nitrogens with zero attached hydrogens (tertiary/aromatic N) is 5. The lowest BCUT2D eigenvalue weighted by Gasteiger charge is -2.35. The first-order chi connectivity index (χ1) is 10.7. The topological polar surface area (TPSA) is 70.6 Å². The van der Waals surface area contributed by atoms with E-state index in [4.69, 9.17) is 5.73 Å². The fourth-order valence-electron chi connectivity index (χ4n) is 2.41. The number of aromatic nitrogens is 2. The highest BCUT2D eigenvalue weighted by Crippen LogP contribution is 2.16. The summed E-state index contributed by atoms with van der Waals surface area (Å²) in [7, 11) is 0. The molecule has 1 saturated heterocycles. The first-order valence-electron chi connectivity index (χ1n) is 7.34. The Morgan fingerprint density at radius 3 is 2.57 bits per heavy atom. The maximum absolute atomic E-state index is 6.13. The maximum Gasteiger partial charge on any atom is 0.225 e. The van der Waals surface area contributed by atoms with Crippen LogP contribution in [0.5, 0.6) is 0 Å². The highest BCUT2D eigenvalue weighted by Gasteiger charge is 2.19. The highest BCUT2D eigenvalue weighted by atomic mass is 127. The van der Waals surface area contributed by atoms with Crippen LogP contribution in [0.1, 0.15) is 10.4 Å². The van der Waals surface area contributed by atoms with Gasteiger partial charge in [0.2, 0.25) is 5.95 Å². The molecule has 3 heterocycles. The second kappa shape index (κ2) is 8.44. The van der Waals surface area contributed by atoms with Crippen molar-refractivity contribution < 1.29 is 0 Å². The van der Waals surface area contributed by atoms with Gasteiger partial charge in [0.05, 0.1) is 6.54 Å². The van der Waals surface area contributed by atoms with Gasteiger partial charge >= 0.3 is 0 Å². The second-order valence-corrected chi connectivity index (χ2v) is 6.22. The van der Waals surface area contributed by atoms with Crippen LogP contribution in [-0.2, 0) is 6.54 Å². The quantitative estimate of drug-likeness (QED) is 0.446. The van der Waals surface area contributed by atoms with Crippen LogP contribution < -0.4 is 10.6 Å². The van der Waals surface area contributed by atoms with Gasteiger partial charge in [0, 0.05) is 43.4 Å². The predicted octanol–water partition coefficient (Wildman–Crippen LogP) is 2.10. The summed E-state index contributed by atoms with van der Waals surface area (Å²) in [4.78, 5) is 18.7. The number of hydrogen-bond acceptors (Lipinski definition) is 5. The Bertz CT molecular complexity index is 636. The SMILES string of the molecule is Cc1ccsc1CN=C(N)N1CCN(c2ncccn2)CC1.I. The summed E-state index contributed by atoms with van der Waals surface area (Å²) in [6.45, 7) is 6.18. The Hall–Kier alpha value is -1.42. The van der Waals surface area contributed by atoms with E-state index < -0.39 is 0 Å². The number of hydrogen-bond donors (Lipinski definition) is 1. The number of anilines is 1. The summed E-state index contributed by atoms with van der Waals surface area (Å²) in [6, 6.07) is 3.95. The minimum atomic E-state index is 0. The normalized spacial score (nSPS) is 15.4. The zero-order valence-corrected chi connectivity index (χ0v) is 16.2. The molecule has 1 fully saturated rings. The molecule has 0 bridgehead atoms. The molecule has 0 aromatic carbocycles. The van der Waals surface area contributed by atoms with E-state index in [9.17, 15) is 0 Å². The monoisotopic (exact) mass is 444 g/mol. The Balaban J connectivity index is 0.00000192. The first-order valence-corrected chi connectivity index (χ1v) is 8.22. The first kappa shape index (κ1) is 17.9. The number of rotatable bonds is 3. The van der Waals surface area contributed by atoms with Crippen LogP contribution in [0.4, 0.5) is 5.95 Å². The van der Waals surface area contributed by atoms with Crippen molar-refractivity contribution in [2.45, 2.75) is 13.5 Å². The number of piperazine rings is 1. The summed E-state index contributed by atoms with van der Waals surface area (Å²) < 4.78 is 0. The summed E-state index contributed by atoms with van der Waals surface area (Å²) in [5.41, 5.74) is 7.41. The Kier molecular flexibility index (Phi) is 6.58.